The van der Waals surface area contributed by atoms with Gasteiger partial charge in [-0.05, 0) is 48.6 Å². The summed E-state index contributed by atoms with van der Waals surface area (Å²) >= 11 is 3.36. The third-order valence-corrected chi connectivity index (χ3v) is 8.62. The maximum absolute atomic E-state index is 12.7. The molecule has 1 aromatic carbocycles. The molecule has 0 saturated heterocycles. The van der Waals surface area contributed by atoms with Crippen LogP contribution in [-0.4, -0.2) is 17.8 Å². The quantitative estimate of drug-likeness (QED) is 0.771. The van der Waals surface area contributed by atoms with Crippen LogP contribution < -0.4 is 0 Å². The van der Waals surface area contributed by atoms with Crippen molar-refractivity contribution in [3.05, 3.63) is 30.3 Å². The molecule has 3 atom stereocenters. The first-order valence-electron chi connectivity index (χ1n) is 7.10. The minimum atomic E-state index is -3.45. The highest BCUT2D eigenvalue weighted by atomic mass is 79.9. The molecule has 5 heteroatoms. The van der Waals surface area contributed by atoms with E-state index in [1.165, 1.54) is 3.33 Å². The second kappa shape index (κ2) is 4.82. The Morgan fingerprint density at radius 3 is 2.40 bits per heavy atom. The third-order valence-electron chi connectivity index (χ3n) is 5.35. The van der Waals surface area contributed by atoms with Crippen molar-refractivity contribution in [3.63, 3.8) is 0 Å². The molecule has 0 aliphatic heterocycles. The van der Waals surface area contributed by atoms with Gasteiger partial charge in [-0.2, -0.15) is 0 Å². The molecule has 0 aromatic heterocycles. The Balaban J connectivity index is 1.88. The molecule has 3 saturated carbocycles. The summed E-state index contributed by atoms with van der Waals surface area (Å²) in [7, 11) is -3.45. The molecule has 3 nitrogen and oxygen atoms in total. The number of sulfonamides is 1. The van der Waals surface area contributed by atoms with Gasteiger partial charge in [0.05, 0.1) is 4.90 Å². The Morgan fingerprint density at radius 2 is 1.85 bits per heavy atom. The van der Waals surface area contributed by atoms with Gasteiger partial charge in [-0.25, -0.2) is 8.42 Å². The largest absolute Gasteiger partial charge is 0.252 e. The van der Waals surface area contributed by atoms with E-state index < -0.39 is 10.0 Å². The molecule has 0 amide bonds. The molecule has 3 unspecified atom stereocenters. The van der Waals surface area contributed by atoms with E-state index in [-0.39, 0.29) is 11.5 Å². The lowest BCUT2D eigenvalue weighted by molar-refractivity contribution is -0.0918. The fourth-order valence-corrected chi connectivity index (χ4v) is 6.19. The van der Waals surface area contributed by atoms with Crippen molar-refractivity contribution < 1.29 is 8.42 Å². The molecule has 2 bridgehead atoms. The highest BCUT2D eigenvalue weighted by molar-refractivity contribution is 9.08. The summed E-state index contributed by atoms with van der Waals surface area (Å²) in [4.78, 5) is 0.358. The summed E-state index contributed by atoms with van der Waals surface area (Å²) in [6, 6.07) is 8.73. The van der Waals surface area contributed by atoms with Crippen LogP contribution in [0.3, 0.4) is 0 Å². The van der Waals surface area contributed by atoms with Gasteiger partial charge in [-0.1, -0.05) is 32.0 Å². The van der Waals surface area contributed by atoms with Gasteiger partial charge >= 0.3 is 0 Å². The average molecular weight is 358 g/mol. The van der Waals surface area contributed by atoms with Crippen LogP contribution in [0.1, 0.15) is 33.1 Å². The molecule has 0 N–H and O–H groups in total. The smallest absolute Gasteiger partial charge is 0.206 e. The Labute approximate surface area is 129 Å². The monoisotopic (exact) mass is 357 g/mol. The zero-order chi connectivity index (χ0) is 14.5. The van der Waals surface area contributed by atoms with Crippen molar-refractivity contribution >= 4 is 26.2 Å². The number of hydrogen-bond donors (Lipinski definition) is 0. The van der Waals surface area contributed by atoms with E-state index in [0.717, 1.165) is 25.2 Å². The first kappa shape index (κ1) is 14.5. The fourth-order valence-electron chi connectivity index (χ4n) is 3.89. The van der Waals surface area contributed by atoms with Gasteiger partial charge in [-0.3, -0.25) is 0 Å². The summed E-state index contributed by atoms with van der Waals surface area (Å²) in [5.41, 5.74) is 0.265. The Bertz CT molecular complexity index is 598. The Hall–Kier alpha value is -0.390. The van der Waals surface area contributed by atoms with Crippen LogP contribution in [0.4, 0.5) is 0 Å². The second-order valence-corrected chi connectivity index (χ2v) is 9.61. The van der Waals surface area contributed by atoms with Crippen LogP contribution in [0.2, 0.25) is 0 Å². The van der Waals surface area contributed by atoms with E-state index in [1.807, 2.05) is 6.07 Å². The predicted molar refractivity (Wildman–Crippen MR) is 82.8 cm³/mol. The Kier molecular flexibility index (Phi) is 3.50. The van der Waals surface area contributed by atoms with Crippen LogP contribution in [-0.2, 0) is 10.0 Å². The minimum absolute atomic E-state index is 0.0696. The maximum Gasteiger partial charge on any atom is 0.252 e. The van der Waals surface area contributed by atoms with Gasteiger partial charge in [0.25, 0.3) is 10.0 Å². The molecule has 0 spiro atoms. The van der Waals surface area contributed by atoms with E-state index in [9.17, 15) is 8.42 Å². The normalized spacial score (nSPS) is 31.9. The van der Waals surface area contributed by atoms with Gasteiger partial charge in [0.15, 0.2) is 0 Å². The lowest BCUT2D eigenvalue weighted by Gasteiger charge is -2.60. The molecule has 110 valence electrons. The molecule has 4 rings (SSSR count). The first-order valence-corrected chi connectivity index (χ1v) is 9.25. The minimum Gasteiger partial charge on any atom is -0.206 e. The average Bonchev–Trinajstić information content (AvgIpc) is 2.47. The van der Waals surface area contributed by atoms with Crippen LogP contribution in [0, 0.1) is 17.3 Å². The fraction of sp³-hybridized carbons (Fsp3) is 0.600. The highest BCUT2D eigenvalue weighted by Gasteiger charge is 2.56. The van der Waals surface area contributed by atoms with Crippen molar-refractivity contribution in [2.24, 2.45) is 17.3 Å². The summed E-state index contributed by atoms with van der Waals surface area (Å²) in [5.74, 6) is 1.23. The predicted octanol–water partition coefficient (Wildman–Crippen LogP) is 3.81. The van der Waals surface area contributed by atoms with Crippen molar-refractivity contribution in [2.45, 2.75) is 44.0 Å². The summed E-state index contributed by atoms with van der Waals surface area (Å²) in [6.45, 7) is 4.54. The van der Waals surface area contributed by atoms with Crippen LogP contribution in [0.25, 0.3) is 0 Å². The number of rotatable bonds is 3. The maximum atomic E-state index is 12.7. The third kappa shape index (κ3) is 2.06. The SMILES string of the molecule is CC1(C)C2CCC(N(Br)S(=O)(=O)c3ccccc3)C1C2. The van der Waals surface area contributed by atoms with Crippen molar-refractivity contribution in [2.75, 3.05) is 0 Å². The van der Waals surface area contributed by atoms with E-state index in [0.29, 0.717) is 10.8 Å². The van der Waals surface area contributed by atoms with Gasteiger partial charge in [0, 0.05) is 22.2 Å². The summed E-state index contributed by atoms with van der Waals surface area (Å²) in [5, 5.41) is 0. The van der Waals surface area contributed by atoms with Gasteiger partial charge in [0.1, 0.15) is 0 Å². The lowest BCUT2D eigenvalue weighted by Crippen LogP contribution is -2.58. The topological polar surface area (TPSA) is 37.4 Å². The zero-order valence-electron chi connectivity index (χ0n) is 11.8. The molecular weight excluding hydrogens is 338 g/mol. The molecule has 0 radical (unpaired) electrons. The lowest BCUT2D eigenvalue weighted by atomic mass is 9.47. The number of halogens is 1. The van der Waals surface area contributed by atoms with Crippen LogP contribution in [0.5, 0.6) is 0 Å². The Morgan fingerprint density at radius 1 is 1.20 bits per heavy atom. The first-order chi connectivity index (χ1) is 9.35. The number of fused-ring (bicyclic) bond motifs is 2. The van der Waals surface area contributed by atoms with E-state index in [4.69, 9.17) is 0 Å². The molecular formula is C15H20BrNO2S. The van der Waals surface area contributed by atoms with Crippen molar-refractivity contribution in [1.82, 2.24) is 3.33 Å². The number of hydrogen-bond acceptors (Lipinski definition) is 2. The molecule has 0 heterocycles. The molecule has 3 fully saturated rings. The molecule has 3 aliphatic rings. The van der Waals surface area contributed by atoms with Gasteiger partial charge in [-0.15, -0.1) is 3.33 Å². The molecule has 3 aliphatic carbocycles. The second-order valence-electron chi connectivity index (χ2n) is 6.57. The van der Waals surface area contributed by atoms with Gasteiger partial charge < -0.3 is 0 Å². The summed E-state index contributed by atoms with van der Waals surface area (Å²) in [6.07, 6.45) is 3.24. The van der Waals surface area contributed by atoms with Crippen molar-refractivity contribution in [1.29, 1.82) is 0 Å². The highest BCUT2D eigenvalue weighted by Crippen LogP contribution is 2.60. The van der Waals surface area contributed by atoms with Crippen molar-refractivity contribution in [3.8, 4) is 0 Å². The number of nitrogens with zero attached hydrogens (tertiary/aromatic N) is 1. The number of benzene rings is 1. The molecule has 20 heavy (non-hydrogen) atoms. The molecule has 1 aromatic rings. The zero-order valence-corrected chi connectivity index (χ0v) is 14.2. The van der Waals surface area contributed by atoms with Crippen LogP contribution >= 0.6 is 16.1 Å². The summed E-state index contributed by atoms with van der Waals surface area (Å²) < 4.78 is 26.8. The van der Waals surface area contributed by atoms with Gasteiger partial charge in [0.2, 0.25) is 0 Å². The van der Waals surface area contributed by atoms with E-state index in [1.54, 1.807) is 24.3 Å². The van der Waals surface area contributed by atoms with Crippen LogP contribution in [0.15, 0.2) is 35.2 Å². The van der Waals surface area contributed by atoms with E-state index >= 15 is 0 Å². The standard InChI is InChI=1S/C15H20BrNO2S/c1-15(2)11-8-9-14(13(15)10-11)17(16)20(18,19)12-6-4-3-5-7-12/h3-7,11,13-14H,8-10H2,1-2H3. The van der Waals surface area contributed by atoms with E-state index in [2.05, 4.69) is 30.0 Å².